The van der Waals surface area contributed by atoms with Crippen LogP contribution in [0.4, 0.5) is 11.4 Å². The second kappa shape index (κ2) is 12.9. The number of aryl methyl sites for hydroxylation is 1. The Balaban J connectivity index is 1.64. The largest absolute Gasteiger partial charge is 0.465 e. The molecular weight excluding hydrogens is 580 g/mol. The van der Waals surface area contributed by atoms with E-state index in [-0.39, 0.29) is 33.8 Å². The van der Waals surface area contributed by atoms with Crippen LogP contribution in [0.15, 0.2) is 95.9 Å². The first-order valence-corrected chi connectivity index (χ1v) is 14.4. The van der Waals surface area contributed by atoms with E-state index in [2.05, 4.69) is 5.32 Å². The number of sulfonamides is 1. The van der Waals surface area contributed by atoms with Gasteiger partial charge in [-0.2, -0.15) is 0 Å². The Kier molecular flexibility index (Phi) is 9.29. The molecule has 0 saturated heterocycles. The Morgan fingerprint density at radius 2 is 1.45 bits per heavy atom. The van der Waals surface area contributed by atoms with Crippen LogP contribution in [0.3, 0.4) is 0 Å². The van der Waals surface area contributed by atoms with Crippen LogP contribution < -0.4 is 9.62 Å². The number of rotatable bonds is 9. The first kappa shape index (κ1) is 30.3. The van der Waals surface area contributed by atoms with Gasteiger partial charge in [-0.05, 0) is 72.6 Å². The molecule has 0 aromatic heterocycles. The molecule has 0 fully saturated rings. The molecule has 0 spiro atoms. The average Bonchev–Trinajstić information content (AvgIpc) is 3.01. The molecule has 0 heterocycles. The van der Waals surface area contributed by atoms with Crippen LogP contribution >= 0.6 is 11.6 Å². The van der Waals surface area contributed by atoms with Crippen molar-refractivity contribution >= 4 is 50.8 Å². The quantitative estimate of drug-likeness (QED) is 0.237. The number of methoxy groups -OCH3 is 2. The number of halogens is 1. The van der Waals surface area contributed by atoms with E-state index >= 15 is 0 Å². The molecular formula is C31H27ClN2O7S. The van der Waals surface area contributed by atoms with Gasteiger partial charge in [0.05, 0.1) is 48.2 Å². The zero-order valence-electron chi connectivity index (χ0n) is 23.0. The van der Waals surface area contributed by atoms with E-state index in [4.69, 9.17) is 21.1 Å². The first-order valence-electron chi connectivity index (χ1n) is 12.6. The predicted molar refractivity (Wildman–Crippen MR) is 160 cm³/mol. The van der Waals surface area contributed by atoms with Crippen molar-refractivity contribution < 1.29 is 32.3 Å². The lowest BCUT2D eigenvalue weighted by Gasteiger charge is -2.26. The van der Waals surface area contributed by atoms with Gasteiger partial charge in [0.15, 0.2) is 0 Å². The van der Waals surface area contributed by atoms with Crippen molar-refractivity contribution in [3.05, 3.63) is 124 Å². The average molecular weight is 607 g/mol. The van der Waals surface area contributed by atoms with Gasteiger partial charge in [0.25, 0.3) is 15.9 Å². The minimum absolute atomic E-state index is 0.0338. The molecule has 4 aromatic carbocycles. The fraction of sp³-hybridized carbons (Fsp3) is 0.129. The number of carbonyl (C=O) groups is 3. The van der Waals surface area contributed by atoms with Gasteiger partial charge in [-0.25, -0.2) is 18.0 Å². The van der Waals surface area contributed by atoms with E-state index in [1.165, 1.54) is 61.0 Å². The highest BCUT2D eigenvalue weighted by Gasteiger charge is 2.27. The van der Waals surface area contributed by atoms with Crippen LogP contribution in [-0.4, -0.2) is 40.5 Å². The SMILES string of the molecule is COC(=O)c1ccc(C(=O)OC)c(NC(=O)c2ccc(CN(c3cc(Cl)ccc3C)S(=O)(=O)c3ccccc3)cc2)c1. The number of nitrogens with one attached hydrogen (secondary N) is 1. The molecule has 0 radical (unpaired) electrons. The molecule has 0 aliphatic heterocycles. The van der Waals surface area contributed by atoms with Crippen molar-refractivity contribution in [1.82, 2.24) is 0 Å². The molecule has 4 aromatic rings. The van der Waals surface area contributed by atoms with E-state index in [0.717, 1.165) is 0 Å². The summed E-state index contributed by atoms with van der Waals surface area (Å²) in [5.41, 5.74) is 2.22. The molecule has 9 nitrogen and oxygen atoms in total. The summed E-state index contributed by atoms with van der Waals surface area (Å²) in [6, 6.07) is 23.5. The summed E-state index contributed by atoms with van der Waals surface area (Å²) in [5.74, 6) is -1.91. The Hall–Kier alpha value is -4.67. The Bertz CT molecular complexity index is 1740. The second-order valence-corrected chi connectivity index (χ2v) is 11.4. The van der Waals surface area contributed by atoms with Gasteiger partial charge >= 0.3 is 11.9 Å². The van der Waals surface area contributed by atoms with Crippen molar-refractivity contribution in [3.63, 3.8) is 0 Å². The summed E-state index contributed by atoms with van der Waals surface area (Å²) in [5, 5.41) is 3.03. The topological polar surface area (TPSA) is 119 Å². The Morgan fingerprint density at radius 3 is 2.10 bits per heavy atom. The zero-order chi connectivity index (χ0) is 30.4. The maximum atomic E-state index is 13.7. The van der Waals surface area contributed by atoms with E-state index < -0.39 is 27.9 Å². The number of benzene rings is 4. The number of carbonyl (C=O) groups excluding carboxylic acids is 3. The highest BCUT2D eigenvalue weighted by molar-refractivity contribution is 7.92. The van der Waals surface area contributed by atoms with Crippen LogP contribution in [0, 0.1) is 6.92 Å². The number of ether oxygens (including phenoxy) is 2. The standard InChI is InChI=1S/C31H27ClN2O7S/c1-20-9-15-24(32)18-28(20)34(42(38,39)25-7-5-4-6-8-25)19-21-10-12-22(13-11-21)29(35)33-27-17-23(30(36)40-2)14-16-26(27)31(37)41-3/h4-18H,19H2,1-3H3,(H,33,35). The third-order valence-electron chi connectivity index (χ3n) is 6.41. The monoisotopic (exact) mass is 606 g/mol. The Labute approximate surface area is 248 Å². The Morgan fingerprint density at radius 1 is 0.810 bits per heavy atom. The highest BCUT2D eigenvalue weighted by atomic mass is 35.5. The molecule has 0 aliphatic rings. The number of nitrogens with zero attached hydrogens (tertiary/aromatic N) is 1. The van der Waals surface area contributed by atoms with Crippen molar-refractivity contribution in [2.75, 3.05) is 23.8 Å². The normalized spacial score (nSPS) is 11.0. The van der Waals surface area contributed by atoms with Crippen LogP contribution in [0.5, 0.6) is 0 Å². The molecule has 1 N–H and O–H groups in total. The third-order valence-corrected chi connectivity index (χ3v) is 8.42. The summed E-state index contributed by atoms with van der Waals surface area (Å²) < 4.78 is 38.3. The van der Waals surface area contributed by atoms with Gasteiger partial charge < -0.3 is 14.8 Å². The van der Waals surface area contributed by atoms with E-state index in [1.807, 2.05) is 0 Å². The summed E-state index contributed by atoms with van der Waals surface area (Å²) in [7, 11) is -1.55. The number of hydrogen-bond acceptors (Lipinski definition) is 7. The lowest BCUT2D eigenvalue weighted by Crippen LogP contribution is -2.31. The molecule has 0 aliphatic carbocycles. The van der Waals surface area contributed by atoms with Gasteiger partial charge in [0.1, 0.15) is 0 Å². The minimum atomic E-state index is -3.97. The highest BCUT2D eigenvalue weighted by Crippen LogP contribution is 2.31. The zero-order valence-corrected chi connectivity index (χ0v) is 24.5. The molecule has 0 bridgehead atoms. The van der Waals surface area contributed by atoms with Gasteiger partial charge in [0, 0.05) is 10.6 Å². The van der Waals surface area contributed by atoms with Gasteiger partial charge in [-0.3, -0.25) is 9.10 Å². The number of anilines is 2. The van der Waals surface area contributed by atoms with Gasteiger partial charge in [-0.15, -0.1) is 0 Å². The predicted octanol–water partition coefficient (Wildman–Crippen LogP) is 5.87. The van der Waals surface area contributed by atoms with E-state index in [0.29, 0.717) is 21.8 Å². The van der Waals surface area contributed by atoms with Crippen LogP contribution in [0.2, 0.25) is 5.02 Å². The molecule has 0 saturated carbocycles. The molecule has 216 valence electrons. The molecule has 4 rings (SSSR count). The van der Waals surface area contributed by atoms with Crippen LogP contribution in [0.25, 0.3) is 0 Å². The van der Waals surface area contributed by atoms with E-state index in [9.17, 15) is 22.8 Å². The van der Waals surface area contributed by atoms with E-state index in [1.54, 1.807) is 55.5 Å². The van der Waals surface area contributed by atoms with Gasteiger partial charge in [0.2, 0.25) is 0 Å². The van der Waals surface area contributed by atoms with Crippen molar-refractivity contribution in [2.24, 2.45) is 0 Å². The summed E-state index contributed by atoms with van der Waals surface area (Å²) >= 11 is 6.24. The third kappa shape index (κ3) is 6.62. The smallest absolute Gasteiger partial charge is 0.339 e. The second-order valence-electron chi connectivity index (χ2n) is 9.15. The molecule has 0 unspecified atom stereocenters. The molecule has 1 amide bonds. The molecule has 0 atom stereocenters. The minimum Gasteiger partial charge on any atom is -0.465 e. The van der Waals surface area contributed by atoms with Crippen molar-refractivity contribution in [3.8, 4) is 0 Å². The van der Waals surface area contributed by atoms with Crippen molar-refractivity contribution in [2.45, 2.75) is 18.4 Å². The fourth-order valence-electron chi connectivity index (χ4n) is 4.17. The number of esters is 2. The van der Waals surface area contributed by atoms with Gasteiger partial charge in [-0.1, -0.05) is 48.0 Å². The summed E-state index contributed by atoms with van der Waals surface area (Å²) in [6.45, 7) is 1.76. The maximum Gasteiger partial charge on any atom is 0.339 e. The lowest BCUT2D eigenvalue weighted by molar-refractivity contribution is 0.0587. The van der Waals surface area contributed by atoms with Crippen LogP contribution in [0.1, 0.15) is 42.2 Å². The maximum absolute atomic E-state index is 13.7. The fourth-order valence-corrected chi connectivity index (χ4v) is 5.87. The summed E-state index contributed by atoms with van der Waals surface area (Å²) in [4.78, 5) is 37.5. The summed E-state index contributed by atoms with van der Waals surface area (Å²) in [6.07, 6.45) is 0. The number of amides is 1. The van der Waals surface area contributed by atoms with Crippen molar-refractivity contribution in [1.29, 1.82) is 0 Å². The van der Waals surface area contributed by atoms with Crippen LogP contribution in [-0.2, 0) is 26.0 Å². The molecule has 11 heteroatoms. The first-order chi connectivity index (χ1) is 20.0. The number of hydrogen-bond donors (Lipinski definition) is 1. The lowest BCUT2D eigenvalue weighted by atomic mass is 10.1. The molecule has 42 heavy (non-hydrogen) atoms.